The number of aliphatic hydroxyl groups is 1. The maximum atomic E-state index is 9.98. The molecule has 17 heavy (non-hydrogen) atoms. The molecule has 1 unspecified atom stereocenters. The Hall–Kier alpha value is -1.32. The number of furan rings is 1. The molecular weight excluding hydrogens is 214 g/mol. The van der Waals surface area contributed by atoms with Crippen LogP contribution in [0, 0.1) is 5.92 Å². The number of aliphatic hydroxyl groups excluding tert-OH is 1. The molecule has 3 heteroatoms. The van der Waals surface area contributed by atoms with Crippen LogP contribution in [0.15, 0.2) is 34.7 Å². The molecule has 92 valence electrons. The molecule has 0 aliphatic carbocycles. The number of hydrogen-bond acceptors (Lipinski definition) is 3. The summed E-state index contributed by atoms with van der Waals surface area (Å²) in [6.07, 6.45) is -0.582. The lowest BCUT2D eigenvalue weighted by atomic mass is 10.2. The zero-order chi connectivity index (χ0) is 12.3. The summed E-state index contributed by atoms with van der Waals surface area (Å²) in [4.78, 5) is 0. The second kappa shape index (κ2) is 5.34. The minimum Gasteiger partial charge on any atom is -0.458 e. The maximum absolute atomic E-state index is 9.98. The Morgan fingerprint density at radius 1 is 1.24 bits per heavy atom. The number of nitrogens with one attached hydrogen (secondary N) is 1. The average Bonchev–Trinajstić information content (AvgIpc) is 2.71. The number of fused-ring (bicyclic) bond motifs is 1. The van der Waals surface area contributed by atoms with Crippen molar-refractivity contribution in [2.75, 3.05) is 13.1 Å². The monoisotopic (exact) mass is 233 g/mol. The average molecular weight is 233 g/mol. The van der Waals surface area contributed by atoms with Gasteiger partial charge in [0.1, 0.15) is 17.4 Å². The fourth-order valence-electron chi connectivity index (χ4n) is 1.78. The van der Waals surface area contributed by atoms with Crippen LogP contribution in [0.5, 0.6) is 0 Å². The first-order chi connectivity index (χ1) is 8.16. The highest BCUT2D eigenvalue weighted by Gasteiger charge is 2.12. The van der Waals surface area contributed by atoms with Crippen molar-refractivity contribution in [1.82, 2.24) is 5.32 Å². The largest absolute Gasteiger partial charge is 0.458 e. The minimum absolute atomic E-state index is 0.526. The molecule has 2 aromatic rings. The molecule has 2 N–H and O–H groups in total. The van der Waals surface area contributed by atoms with E-state index in [1.165, 1.54) is 0 Å². The molecule has 0 spiro atoms. The van der Waals surface area contributed by atoms with E-state index in [2.05, 4.69) is 19.2 Å². The summed E-state index contributed by atoms with van der Waals surface area (Å²) in [5.41, 5.74) is 0.824. The Morgan fingerprint density at radius 2 is 2.00 bits per heavy atom. The lowest BCUT2D eigenvalue weighted by Crippen LogP contribution is -2.25. The van der Waals surface area contributed by atoms with Crippen LogP contribution >= 0.6 is 0 Å². The lowest BCUT2D eigenvalue weighted by Gasteiger charge is -2.10. The Bertz CT molecular complexity index is 443. The van der Waals surface area contributed by atoms with Crippen molar-refractivity contribution in [3.8, 4) is 0 Å². The second-order valence-electron chi connectivity index (χ2n) is 4.75. The van der Waals surface area contributed by atoms with Crippen LogP contribution in [0.1, 0.15) is 25.7 Å². The summed E-state index contributed by atoms with van der Waals surface area (Å²) < 4.78 is 5.60. The fourth-order valence-corrected chi connectivity index (χ4v) is 1.78. The molecule has 1 aromatic carbocycles. The Labute approximate surface area is 101 Å². The predicted molar refractivity (Wildman–Crippen MR) is 68.9 cm³/mol. The van der Waals surface area contributed by atoms with Crippen LogP contribution in [0.3, 0.4) is 0 Å². The van der Waals surface area contributed by atoms with Gasteiger partial charge in [-0.05, 0) is 24.6 Å². The third-order valence-electron chi connectivity index (χ3n) is 2.66. The third kappa shape index (κ3) is 3.08. The van der Waals surface area contributed by atoms with Crippen LogP contribution < -0.4 is 5.32 Å². The molecule has 0 saturated heterocycles. The van der Waals surface area contributed by atoms with E-state index in [1.54, 1.807) is 0 Å². The van der Waals surface area contributed by atoms with Crippen molar-refractivity contribution in [2.24, 2.45) is 5.92 Å². The van der Waals surface area contributed by atoms with Gasteiger partial charge < -0.3 is 14.8 Å². The van der Waals surface area contributed by atoms with Gasteiger partial charge in [-0.2, -0.15) is 0 Å². The summed E-state index contributed by atoms with van der Waals surface area (Å²) >= 11 is 0. The van der Waals surface area contributed by atoms with E-state index in [4.69, 9.17) is 4.42 Å². The van der Waals surface area contributed by atoms with Crippen LogP contribution in [0.2, 0.25) is 0 Å². The van der Waals surface area contributed by atoms with Gasteiger partial charge in [0.05, 0.1) is 0 Å². The molecule has 0 aliphatic rings. The van der Waals surface area contributed by atoms with Gasteiger partial charge in [-0.1, -0.05) is 32.0 Å². The lowest BCUT2D eigenvalue weighted by molar-refractivity contribution is 0.149. The third-order valence-corrected chi connectivity index (χ3v) is 2.66. The Kier molecular flexibility index (Phi) is 3.82. The van der Waals surface area contributed by atoms with Gasteiger partial charge in [0.15, 0.2) is 0 Å². The van der Waals surface area contributed by atoms with E-state index in [9.17, 15) is 5.11 Å². The van der Waals surface area contributed by atoms with E-state index in [0.29, 0.717) is 18.2 Å². The van der Waals surface area contributed by atoms with Crippen LogP contribution in [-0.2, 0) is 0 Å². The summed E-state index contributed by atoms with van der Waals surface area (Å²) in [6, 6.07) is 9.69. The van der Waals surface area contributed by atoms with Crippen molar-refractivity contribution in [3.05, 3.63) is 36.1 Å². The van der Waals surface area contributed by atoms with Crippen LogP contribution in [0.25, 0.3) is 11.0 Å². The van der Waals surface area contributed by atoms with Crippen LogP contribution in [0.4, 0.5) is 0 Å². The summed E-state index contributed by atoms with van der Waals surface area (Å²) in [5.74, 6) is 1.21. The Balaban J connectivity index is 2.01. The highest BCUT2D eigenvalue weighted by molar-refractivity contribution is 5.77. The van der Waals surface area contributed by atoms with E-state index in [-0.39, 0.29) is 0 Å². The van der Waals surface area contributed by atoms with Crippen LogP contribution in [-0.4, -0.2) is 18.2 Å². The normalized spacial score (nSPS) is 13.4. The van der Waals surface area contributed by atoms with Crippen molar-refractivity contribution in [1.29, 1.82) is 0 Å². The van der Waals surface area contributed by atoms with Crippen molar-refractivity contribution < 1.29 is 9.52 Å². The molecule has 1 atom stereocenters. The zero-order valence-electron chi connectivity index (χ0n) is 10.3. The molecule has 0 saturated carbocycles. The van der Waals surface area contributed by atoms with Crippen molar-refractivity contribution in [2.45, 2.75) is 20.0 Å². The van der Waals surface area contributed by atoms with E-state index in [1.807, 2.05) is 30.3 Å². The smallest absolute Gasteiger partial charge is 0.135 e. The van der Waals surface area contributed by atoms with Gasteiger partial charge in [-0.15, -0.1) is 0 Å². The van der Waals surface area contributed by atoms with Gasteiger partial charge in [-0.25, -0.2) is 0 Å². The summed E-state index contributed by atoms with van der Waals surface area (Å²) in [7, 11) is 0. The van der Waals surface area contributed by atoms with E-state index < -0.39 is 6.10 Å². The molecule has 3 nitrogen and oxygen atoms in total. The fraction of sp³-hybridized carbons (Fsp3) is 0.429. The highest BCUT2D eigenvalue weighted by Crippen LogP contribution is 2.23. The predicted octanol–water partition coefficient (Wildman–Crippen LogP) is 2.71. The number of benzene rings is 1. The maximum Gasteiger partial charge on any atom is 0.135 e. The molecule has 0 amide bonds. The topological polar surface area (TPSA) is 45.4 Å². The quantitative estimate of drug-likeness (QED) is 0.834. The molecule has 2 rings (SSSR count). The van der Waals surface area contributed by atoms with Gasteiger partial charge in [-0.3, -0.25) is 0 Å². The zero-order valence-corrected chi connectivity index (χ0v) is 10.3. The molecule has 0 fully saturated rings. The molecule has 1 heterocycles. The van der Waals surface area contributed by atoms with Gasteiger partial charge in [0.2, 0.25) is 0 Å². The first-order valence-corrected chi connectivity index (χ1v) is 6.04. The first kappa shape index (κ1) is 12.1. The molecule has 0 bridgehead atoms. The number of rotatable bonds is 5. The molecule has 1 aromatic heterocycles. The standard InChI is InChI=1S/C14H19NO2/c1-10(2)8-15-9-12(16)14-7-11-5-3-4-6-13(11)17-14/h3-7,10,12,15-16H,8-9H2,1-2H3. The van der Waals surface area contributed by atoms with Crippen molar-refractivity contribution >= 4 is 11.0 Å². The molecular formula is C14H19NO2. The minimum atomic E-state index is -0.582. The molecule has 0 aliphatic heterocycles. The van der Waals surface area contributed by atoms with Gasteiger partial charge >= 0.3 is 0 Å². The Morgan fingerprint density at radius 3 is 2.71 bits per heavy atom. The highest BCUT2D eigenvalue weighted by atomic mass is 16.4. The van der Waals surface area contributed by atoms with E-state index >= 15 is 0 Å². The number of hydrogen-bond donors (Lipinski definition) is 2. The SMILES string of the molecule is CC(C)CNCC(O)c1cc2ccccc2o1. The first-order valence-electron chi connectivity index (χ1n) is 6.04. The van der Waals surface area contributed by atoms with Crippen molar-refractivity contribution in [3.63, 3.8) is 0 Å². The summed E-state index contributed by atoms with van der Waals surface area (Å²) in [5, 5.41) is 14.2. The molecule has 0 radical (unpaired) electrons. The van der Waals surface area contributed by atoms with E-state index in [0.717, 1.165) is 17.5 Å². The van der Waals surface area contributed by atoms with Gasteiger partial charge in [0.25, 0.3) is 0 Å². The number of para-hydroxylation sites is 1. The summed E-state index contributed by atoms with van der Waals surface area (Å²) in [6.45, 7) is 5.70. The van der Waals surface area contributed by atoms with Gasteiger partial charge in [0, 0.05) is 11.9 Å². The second-order valence-corrected chi connectivity index (χ2v) is 4.75.